The van der Waals surface area contributed by atoms with Gasteiger partial charge in [0.1, 0.15) is 11.3 Å². The second-order valence-electron chi connectivity index (χ2n) is 7.55. The fourth-order valence-corrected chi connectivity index (χ4v) is 4.06. The number of aromatic amines is 1. The third kappa shape index (κ3) is 3.84. The molecule has 0 fully saturated rings. The van der Waals surface area contributed by atoms with Gasteiger partial charge >= 0.3 is 0 Å². The third-order valence-corrected chi connectivity index (χ3v) is 5.77. The minimum absolute atomic E-state index is 0.0188. The lowest BCUT2D eigenvalue weighted by molar-refractivity contribution is -0.127. The van der Waals surface area contributed by atoms with Gasteiger partial charge in [-0.05, 0) is 29.8 Å². The second-order valence-corrected chi connectivity index (χ2v) is 7.98. The van der Waals surface area contributed by atoms with E-state index in [2.05, 4.69) is 20.2 Å². The predicted octanol–water partition coefficient (Wildman–Crippen LogP) is 4.05. The molecule has 1 aliphatic rings. The number of para-hydroxylation sites is 1. The summed E-state index contributed by atoms with van der Waals surface area (Å²) in [5.41, 5.74) is 3.86. The Balaban J connectivity index is 1.34. The summed E-state index contributed by atoms with van der Waals surface area (Å²) < 4.78 is 6.00. The van der Waals surface area contributed by atoms with E-state index < -0.39 is 0 Å². The quantitative estimate of drug-likeness (QED) is 0.510. The van der Waals surface area contributed by atoms with Gasteiger partial charge in [-0.1, -0.05) is 41.9 Å². The first-order chi connectivity index (χ1) is 14.7. The maximum atomic E-state index is 13.1. The van der Waals surface area contributed by atoms with E-state index in [0.29, 0.717) is 31.1 Å². The first-order valence-corrected chi connectivity index (χ1v) is 10.3. The molecule has 2 N–H and O–H groups in total. The molecule has 7 heteroatoms. The number of furan rings is 1. The largest absolute Gasteiger partial charge is 0.460 e. The molecule has 5 rings (SSSR count). The summed E-state index contributed by atoms with van der Waals surface area (Å²) in [5, 5.41) is 4.81. The van der Waals surface area contributed by atoms with Crippen LogP contribution in [0.2, 0.25) is 5.02 Å². The zero-order chi connectivity index (χ0) is 20.5. The topological polar surface area (TPSA) is 74.2 Å². The van der Waals surface area contributed by atoms with Crippen LogP contribution in [0.1, 0.15) is 22.7 Å². The summed E-state index contributed by atoms with van der Waals surface area (Å²) in [4.78, 5) is 22.8. The smallest absolute Gasteiger partial charge is 0.238 e. The molecule has 0 aliphatic carbocycles. The van der Waals surface area contributed by atoms with Gasteiger partial charge in [0.15, 0.2) is 0 Å². The number of nitrogens with zero attached hydrogens (tertiary/aromatic N) is 2. The number of nitrogens with one attached hydrogen (secondary N) is 2. The van der Waals surface area contributed by atoms with E-state index in [-0.39, 0.29) is 11.9 Å². The van der Waals surface area contributed by atoms with Crippen molar-refractivity contribution in [2.75, 3.05) is 0 Å². The first kappa shape index (κ1) is 18.9. The molecule has 4 aromatic rings. The Labute approximate surface area is 178 Å². The number of fused-ring (bicyclic) bond motifs is 2. The van der Waals surface area contributed by atoms with E-state index in [0.717, 1.165) is 33.7 Å². The zero-order valence-electron chi connectivity index (χ0n) is 16.3. The van der Waals surface area contributed by atoms with Crippen LogP contribution in [-0.2, 0) is 30.8 Å². The van der Waals surface area contributed by atoms with E-state index in [4.69, 9.17) is 16.0 Å². The number of benzene rings is 2. The van der Waals surface area contributed by atoms with Gasteiger partial charge in [-0.25, -0.2) is 4.98 Å². The van der Waals surface area contributed by atoms with Crippen molar-refractivity contribution in [3.05, 3.63) is 88.7 Å². The Kier molecular flexibility index (Phi) is 5.02. The zero-order valence-corrected chi connectivity index (χ0v) is 17.0. The minimum atomic E-state index is -0.318. The SMILES string of the molecule is O=C(NCc1ccc(Cl)cc1)[C@@H]1Cc2nc[nH]c2CN1Cc1cc2ccccc2o1. The molecule has 0 radical (unpaired) electrons. The number of H-pyrrole nitrogens is 1. The molecule has 152 valence electrons. The van der Waals surface area contributed by atoms with Crippen molar-refractivity contribution in [1.29, 1.82) is 0 Å². The first-order valence-electron chi connectivity index (χ1n) is 9.90. The van der Waals surface area contributed by atoms with Crippen LogP contribution >= 0.6 is 11.6 Å². The Morgan fingerprint density at radius 3 is 2.90 bits per heavy atom. The second kappa shape index (κ2) is 7.97. The van der Waals surface area contributed by atoms with Crippen LogP contribution in [0.3, 0.4) is 0 Å². The summed E-state index contributed by atoms with van der Waals surface area (Å²) in [6.07, 6.45) is 2.25. The number of halogens is 1. The Morgan fingerprint density at radius 2 is 2.07 bits per heavy atom. The van der Waals surface area contributed by atoms with Gasteiger partial charge in [0.05, 0.1) is 30.3 Å². The van der Waals surface area contributed by atoms with Crippen molar-refractivity contribution in [3.8, 4) is 0 Å². The fraction of sp³-hybridized carbons (Fsp3) is 0.217. The number of aromatic nitrogens is 2. The van der Waals surface area contributed by atoms with Crippen LogP contribution in [0.5, 0.6) is 0 Å². The van der Waals surface area contributed by atoms with Crippen LogP contribution < -0.4 is 5.32 Å². The molecule has 0 spiro atoms. The highest BCUT2D eigenvalue weighted by atomic mass is 35.5. The maximum absolute atomic E-state index is 13.1. The van der Waals surface area contributed by atoms with Crippen LogP contribution in [0.15, 0.2) is 65.3 Å². The van der Waals surface area contributed by atoms with Crippen LogP contribution in [0, 0.1) is 0 Å². The molecule has 2 aromatic carbocycles. The number of hydrogen-bond donors (Lipinski definition) is 2. The summed E-state index contributed by atoms with van der Waals surface area (Å²) in [6.45, 7) is 1.62. The van der Waals surface area contributed by atoms with Crippen LogP contribution in [0.4, 0.5) is 0 Å². The van der Waals surface area contributed by atoms with E-state index >= 15 is 0 Å². The Morgan fingerprint density at radius 1 is 1.23 bits per heavy atom. The maximum Gasteiger partial charge on any atom is 0.238 e. The molecule has 2 aromatic heterocycles. The highest BCUT2D eigenvalue weighted by Gasteiger charge is 2.33. The monoisotopic (exact) mass is 420 g/mol. The van der Waals surface area contributed by atoms with E-state index in [9.17, 15) is 4.79 Å². The highest BCUT2D eigenvalue weighted by Crippen LogP contribution is 2.26. The van der Waals surface area contributed by atoms with Crippen molar-refractivity contribution in [2.45, 2.75) is 32.1 Å². The average Bonchev–Trinajstić information content (AvgIpc) is 3.38. The molecule has 6 nitrogen and oxygen atoms in total. The molecule has 3 heterocycles. The van der Waals surface area contributed by atoms with Gasteiger partial charge in [0.25, 0.3) is 0 Å². The number of rotatable bonds is 5. The van der Waals surface area contributed by atoms with Gasteiger partial charge < -0.3 is 14.7 Å². The molecule has 1 aliphatic heterocycles. The van der Waals surface area contributed by atoms with Crippen molar-refractivity contribution >= 4 is 28.5 Å². The normalized spacial score (nSPS) is 16.5. The molecule has 0 bridgehead atoms. The van der Waals surface area contributed by atoms with E-state index in [1.807, 2.05) is 54.6 Å². The van der Waals surface area contributed by atoms with Crippen molar-refractivity contribution in [3.63, 3.8) is 0 Å². The molecule has 0 saturated heterocycles. The molecule has 0 unspecified atom stereocenters. The lowest BCUT2D eigenvalue weighted by Gasteiger charge is -2.33. The molecular formula is C23H21ClN4O2. The fourth-order valence-electron chi connectivity index (χ4n) is 3.94. The van der Waals surface area contributed by atoms with Gasteiger partial charge in [-0.3, -0.25) is 9.69 Å². The predicted molar refractivity (Wildman–Crippen MR) is 115 cm³/mol. The third-order valence-electron chi connectivity index (χ3n) is 5.51. The minimum Gasteiger partial charge on any atom is -0.460 e. The lowest BCUT2D eigenvalue weighted by Crippen LogP contribution is -2.49. The summed E-state index contributed by atoms with van der Waals surface area (Å²) in [6, 6.07) is 17.2. The van der Waals surface area contributed by atoms with Gasteiger partial charge in [0.2, 0.25) is 5.91 Å². The van der Waals surface area contributed by atoms with Crippen molar-refractivity contribution < 1.29 is 9.21 Å². The number of carbonyl (C=O) groups excluding carboxylic acids is 1. The average molecular weight is 421 g/mol. The van der Waals surface area contributed by atoms with Gasteiger partial charge in [-0.2, -0.15) is 0 Å². The number of amides is 1. The standard InChI is InChI=1S/C23H21ClN4O2/c24-17-7-5-15(6-8-17)11-25-23(29)21-10-19-20(27-14-26-19)13-28(21)12-18-9-16-3-1-2-4-22(16)30-18/h1-9,14,21H,10-13H2,(H,25,29)(H,26,27)/t21-/m0/s1. The molecule has 30 heavy (non-hydrogen) atoms. The van der Waals surface area contributed by atoms with E-state index in [1.165, 1.54) is 0 Å². The Hall–Kier alpha value is -3.09. The number of carbonyl (C=O) groups is 1. The van der Waals surface area contributed by atoms with Crippen LogP contribution in [0.25, 0.3) is 11.0 Å². The summed E-state index contributed by atoms with van der Waals surface area (Å²) in [7, 11) is 0. The summed E-state index contributed by atoms with van der Waals surface area (Å²) >= 11 is 5.95. The van der Waals surface area contributed by atoms with Crippen molar-refractivity contribution in [2.24, 2.45) is 0 Å². The number of imidazole rings is 1. The number of hydrogen-bond acceptors (Lipinski definition) is 4. The highest BCUT2D eigenvalue weighted by molar-refractivity contribution is 6.30. The van der Waals surface area contributed by atoms with Crippen molar-refractivity contribution in [1.82, 2.24) is 20.2 Å². The summed E-state index contributed by atoms with van der Waals surface area (Å²) in [5.74, 6) is 0.823. The van der Waals surface area contributed by atoms with Crippen LogP contribution in [-0.4, -0.2) is 26.8 Å². The lowest BCUT2D eigenvalue weighted by atomic mass is 10.0. The molecule has 1 atom stereocenters. The Bertz CT molecular complexity index is 1150. The molecule has 1 amide bonds. The molecular weight excluding hydrogens is 400 g/mol. The van der Waals surface area contributed by atoms with E-state index in [1.54, 1.807) is 6.33 Å². The molecule has 0 saturated carbocycles. The van der Waals surface area contributed by atoms with Gasteiger partial charge in [-0.15, -0.1) is 0 Å². The van der Waals surface area contributed by atoms with Gasteiger partial charge in [0, 0.05) is 29.9 Å².